The lowest BCUT2D eigenvalue weighted by Gasteiger charge is -2.24. The van der Waals surface area contributed by atoms with E-state index >= 15 is 0 Å². The molecule has 3 nitrogen and oxygen atoms in total. The fraction of sp³-hybridized carbons (Fsp3) is 0.800. The smallest absolute Gasteiger partial charge is 0.0602 e. The molecule has 1 aliphatic rings. The lowest BCUT2D eigenvalue weighted by atomic mass is 9.82. The van der Waals surface area contributed by atoms with Gasteiger partial charge in [0.25, 0.3) is 0 Å². The third-order valence-corrected chi connectivity index (χ3v) is 4.71. The molecule has 1 fully saturated rings. The second kappa shape index (κ2) is 10.3. The Morgan fingerprint density at radius 2 is 1.74 bits per heavy atom. The molecule has 0 heterocycles. The summed E-state index contributed by atoms with van der Waals surface area (Å²) in [6.45, 7) is 6.48. The van der Waals surface area contributed by atoms with E-state index in [2.05, 4.69) is 32.1 Å². The van der Waals surface area contributed by atoms with Crippen LogP contribution in [0.2, 0.25) is 0 Å². The maximum atomic E-state index is 9.64. The van der Waals surface area contributed by atoms with Crippen LogP contribution in [-0.2, 0) is 0 Å². The van der Waals surface area contributed by atoms with E-state index in [0.717, 1.165) is 24.8 Å². The minimum Gasteiger partial charge on any atom is -0.393 e. The first-order chi connectivity index (χ1) is 10.8. The second-order valence-corrected chi connectivity index (χ2v) is 8.00. The van der Waals surface area contributed by atoms with Crippen molar-refractivity contribution in [3.8, 4) is 0 Å². The highest BCUT2D eigenvalue weighted by Gasteiger charge is 2.21. The van der Waals surface area contributed by atoms with Crippen LogP contribution in [0.15, 0.2) is 23.8 Å². The highest BCUT2D eigenvalue weighted by atomic mass is 16.3. The molecule has 3 atom stereocenters. The van der Waals surface area contributed by atoms with E-state index in [0.29, 0.717) is 24.7 Å². The first-order valence-electron chi connectivity index (χ1n) is 9.17. The molecule has 3 N–H and O–H groups in total. The molecule has 0 spiro atoms. The molecular formula is C20H36O3. The van der Waals surface area contributed by atoms with Crippen molar-refractivity contribution in [3.05, 3.63) is 23.8 Å². The summed E-state index contributed by atoms with van der Waals surface area (Å²) in [5, 5.41) is 28.6. The van der Waals surface area contributed by atoms with Gasteiger partial charge in [-0.25, -0.2) is 0 Å². The fourth-order valence-electron chi connectivity index (χ4n) is 3.31. The molecule has 1 rings (SSSR count). The zero-order valence-electron chi connectivity index (χ0n) is 15.2. The fourth-order valence-corrected chi connectivity index (χ4v) is 3.31. The quantitative estimate of drug-likeness (QED) is 0.559. The number of hydrogen-bond donors (Lipinski definition) is 3. The number of allylic oxidation sites excluding steroid dienone is 3. The Morgan fingerprint density at radius 3 is 2.35 bits per heavy atom. The molecule has 0 aromatic rings. The van der Waals surface area contributed by atoms with Crippen LogP contribution >= 0.6 is 0 Å². The van der Waals surface area contributed by atoms with Gasteiger partial charge in [0.2, 0.25) is 0 Å². The summed E-state index contributed by atoms with van der Waals surface area (Å²) in [6.07, 6.45) is 13.8. The predicted molar refractivity (Wildman–Crippen MR) is 96.3 cm³/mol. The molecule has 1 aliphatic carbocycles. The van der Waals surface area contributed by atoms with Crippen LogP contribution in [-0.4, -0.2) is 33.6 Å². The van der Waals surface area contributed by atoms with Gasteiger partial charge in [-0.15, -0.1) is 0 Å². The van der Waals surface area contributed by atoms with Gasteiger partial charge in [0.15, 0.2) is 0 Å². The summed E-state index contributed by atoms with van der Waals surface area (Å²) in [7, 11) is 0. The highest BCUT2D eigenvalue weighted by molar-refractivity contribution is 5.16. The van der Waals surface area contributed by atoms with Crippen molar-refractivity contribution in [2.45, 2.75) is 96.9 Å². The monoisotopic (exact) mass is 324 g/mol. The maximum absolute atomic E-state index is 9.64. The number of aliphatic hydroxyl groups is 3. The van der Waals surface area contributed by atoms with E-state index in [1.54, 1.807) is 0 Å². The maximum Gasteiger partial charge on any atom is 0.0602 e. The van der Waals surface area contributed by atoms with E-state index in [1.807, 2.05) is 6.92 Å². The SMILES string of the molecule is CC(O)CCCC(C)(C)CCC/C=C/C=C1CC(O)CC(O)C1. The zero-order chi connectivity index (χ0) is 17.3. The Bertz CT molecular complexity index is 370. The van der Waals surface area contributed by atoms with Crippen LogP contribution in [0.1, 0.15) is 78.6 Å². The van der Waals surface area contributed by atoms with Crippen molar-refractivity contribution in [2.75, 3.05) is 0 Å². The summed E-state index contributed by atoms with van der Waals surface area (Å²) in [5.41, 5.74) is 1.49. The van der Waals surface area contributed by atoms with Crippen LogP contribution in [0.25, 0.3) is 0 Å². The Morgan fingerprint density at radius 1 is 1.13 bits per heavy atom. The van der Waals surface area contributed by atoms with E-state index in [1.165, 1.54) is 19.3 Å². The molecular weight excluding hydrogens is 288 g/mol. The van der Waals surface area contributed by atoms with E-state index < -0.39 is 0 Å². The van der Waals surface area contributed by atoms with Crippen molar-refractivity contribution in [2.24, 2.45) is 5.41 Å². The average molecular weight is 325 g/mol. The van der Waals surface area contributed by atoms with Crippen molar-refractivity contribution in [1.29, 1.82) is 0 Å². The summed E-state index contributed by atoms with van der Waals surface area (Å²) in [5.74, 6) is 0. The molecule has 0 saturated heterocycles. The average Bonchev–Trinajstić information content (AvgIpc) is 2.41. The van der Waals surface area contributed by atoms with E-state index in [4.69, 9.17) is 0 Å². The van der Waals surface area contributed by atoms with Gasteiger partial charge < -0.3 is 15.3 Å². The molecule has 0 aromatic carbocycles. The van der Waals surface area contributed by atoms with E-state index in [-0.39, 0.29) is 18.3 Å². The Labute approximate surface area is 142 Å². The third-order valence-electron chi connectivity index (χ3n) is 4.71. The van der Waals surface area contributed by atoms with Crippen molar-refractivity contribution >= 4 is 0 Å². The lowest BCUT2D eigenvalue weighted by Crippen LogP contribution is -2.24. The van der Waals surface area contributed by atoms with Gasteiger partial charge in [0.1, 0.15) is 0 Å². The van der Waals surface area contributed by atoms with Crippen molar-refractivity contribution in [1.82, 2.24) is 0 Å². The first kappa shape index (κ1) is 20.4. The van der Waals surface area contributed by atoms with Crippen LogP contribution < -0.4 is 0 Å². The molecule has 0 bridgehead atoms. The van der Waals surface area contributed by atoms with Gasteiger partial charge in [-0.05, 0) is 63.7 Å². The summed E-state index contributed by atoms with van der Waals surface area (Å²) in [4.78, 5) is 0. The molecule has 23 heavy (non-hydrogen) atoms. The van der Waals surface area contributed by atoms with E-state index in [9.17, 15) is 15.3 Å². The molecule has 3 heteroatoms. The van der Waals surface area contributed by atoms with Crippen LogP contribution in [0.5, 0.6) is 0 Å². The molecule has 0 aromatic heterocycles. The van der Waals surface area contributed by atoms with Crippen LogP contribution in [0, 0.1) is 5.41 Å². The molecule has 0 amide bonds. The normalized spacial score (nSPS) is 24.2. The summed E-state index contributed by atoms with van der Waals surface area (Å²) in [6, 6.07) is 0. The molecule has 1 saturated carbocycles. The summed E-state index contributed by atoms with van der Waals surface area (Å²) < 4.78 is 0. The highest BCUT2D eigenvalue weighted by Crippen LogP contribution is 2.30. The second-order valence-electron chi connectivity index (χ2n) is 8.00. The predicted octanol–water partition coefficient (Wildman–Crippen LogP) is 4.12. The van der Waals surface area contributed by atoms with Crippen molar-refractivity contribution < 1.29 is 15.3 Å². The Kier molecular flexibility index (Phi) is 9.11. The van der Waals surface area contributed by atoms with Gasteiger partial charge in [-0.2, -0.15) is 0 Å². The molecule has 3 unspecified atom stereocenters. The zero-order valence-corrected chi connectivity index (χ0v) is 15.2. The minimum atomic E-state index is -0.388. The first-order valence-corrected chi connectivity index (χ1v) is 9.17. The van der Waals surface area contributed by atoms with Gasteiger partial charge >= 0.3 is 0 Å². The summed E-state index contributed by atoms with van der Waals surface area (Å²) >= 11 is 0. The number of aliphatic hydroxyl groups excluding tert-OH is 3. The lowest BCUT2D eigenvalue weighted by molar-refractivity contribution is 0.0609. The van der Waals surface area contributed by atoms with Gasteiger partial charge in [0.05, 0.1) is 18.3 Å². The minimum absolute atomic E-state index is 0.182. The Balaban J connectivity index is 2.20. The third kappa shape index (κ3) is 9.95. The van der Waals surface area contributed by atoms with Gasteiger partial charge in [-0.1, -0.05) is 44.1 Å². The largest absolute Gasteiger partial charge is 0.393 e. The molecule has 0 radical (unpaired) electrons. The van der Waals surface area contributed by atoms with Gasteiger partial charge in [0, 0.05) is 0 Å². The molecule has 0 aliphatic heterocycles. The van der Waals surface area contributed by atoms with Crippen LogP contribution in [0.3, 0.4) is 0 Å². The molecule has 134 valence electrons. The number of rotatable bonds is 9. The topological polar surface area (TPSA) is 60.7 Å². The number of hydrogen-bond acceptors (Lipinski definition) is 3. The Hall–Kier alpha value is -0.640. The van der Waals surface area contributed by atoms with Crippen molar-refractivity contribution in [3.63, 3.8) is 0 Å². The van der Waals surface area contributed by atoms with Gasteiger partial charge in [-0.3, -0.25) is 0 Å². The standard InChI is InChI=1S/C20H36O3/c1-16(21)9-8-12-20(2,3)11-7-5-4-6-10-17-13-18(22)15-19(23)14-17/h4,6,10,16,18-19,21-23H,5,7-9,11-15H2,1-3H3/b6-4+,17-10?. The van der Waals surface area contributed by atoms with Crippen LogP contribution in [0.4, 0.5) is 0 Å². The number of unbranched alkanes of at least 4 members (excludes halogenated alkanes) is 1.